The second-order valence-corrected chi connectivity index (χ2v) is 7.50. The molecule has 7 heteroatoms. The molecule has 3 heterocycles. The molecular formula is C20H21N3O3S. The van der Waals surface area contributed by atoms with Crippen LogP contribution in [0.25, 0.3) is 10.9 Å². The number of nitrogens with zero attached hydrogens (tertiary/aromatic N) is 2. The molecule has 140 valence electrons. The van der Waals surface area contributed by atoms with Crippen molar-refractivity contribution < 1.29 is 14.3 Å². The van der Waals surface area contributed by atoms with Gasteiger partial charge < -0.3 is 19.5 Å². The van der Waals surface area contributed by atoms with Crippen molar-refractivity contribution in [3.63, 3.8) is 0 Å². The van der Waals surface area contributed by atoms with Gasteiger partial charge in [-0.15, -0.1) is 11.3 Å². The monoisotopic (exact) mass is 383 g/mol. The number of fused-ring (bicyclic) bond motifs is 1. The van der Waals surface area contributed by atoms with Crippen LogP contribution in [0, 0.1) is 0 Å². The average molecular weight is 383 g/mol. The van der Waals surface area contributed by atoms with Crippen molar-refractivity contribution in [2.24, 2.45) is 0 Å². The van der Waals surface area contributed by atoms with Gasteiger partial charge in [-0.1, -0.05) is 6.07 Å². The number of ether oxygens (including phenoxy) is 1. The number of hydrogen-bond acceptors (Lipinski definition) is 4. The van der Waals surface area contributed by atoms with E-state index in [1.165, 1.54) is 11.3 Å². The first-order valence-electron chi connectivity index (χ1n) is 8.94. The average Bonchev–Trinajstić information content (AvgIpc) is 3.31. The van der Waals surface area contributed by atoms with Crippen molar-refractivity contribution in [1.82, 2.24) is 14.8 Å². The van der Waals surface area contributed by atoms with Crippen molar-refractivity contribution >= 4 is 34.1 Å². The minimum absolute atomic E-state index is 0.0319. The van der Waals surface area contributed by atoms with Gasteiger partial charge in [-0.2, -0.15) is 0 Å². The topological polar surface area (TPSA) is 65.6 Å². The molecule has 0 aliphatic carbocycles. The number of H-pyrrole nitrogens is 1. The van der Waals surface area contributed by atoms with Crippen molar-refractivity contribution in [3.8, 4) is 5.75 Å². The zero-order chi connectivity index (χ0) is 18.8. The number of carbonyl (C=O) groups excluding carboxylic acids is 2. The van der Waals surface area contributed by atoms with Crippen LogP contribution in [0.1, 0.15) is 26.6 Å². The molecule has 1 aliphatic rings. The van der Waals surface area contributed by atoms with Gasteiger partial charge in [0.2, 0.25) is 0 Å². The highest BCUT2D eigenvalue weighted by Crippen LogP contribution is 2.22. The summed E-state index contributed by atoms with van der Waals surface area (Å²) in [5, 5.41) is 2.85. The van der Waals surface area contributed by atoms with Crippen LogP contribution in [-0.2, 0) is 0 Å². The first-order chi connectivity index (χ1) is 13.2. The Labute approximate surface area is 161 Å². The fraction of sp³-hybridized carbons (Fsp3) is 0.300. The van der Waals surface area contributed by atoms with E-state index in [0.717, 1.165) is 28.0 Å². The Morgan fingerprint density at radius 1 is 1.04 bits per heavy atom. The van der Waals surface area contributed by atoms with Gasteiger partial charge in [0.15, 0.2) is 0 Å². The van der Waals surface area contributed by atoms with Crippen LogP contribution in [0.15, 0.2) is 41.8 Å². The standard InChI is InChI=1S/C20H21N3O3S/c1-26-15-5-6-16-14(12-15)13-17(21-16)19(24)22-7-3-8-23(10-9-22)20(25)18-4-2-11-27-18/h2,4-6,11-13,21H,3,7-10H2,1H3. The van der Waals surface area contributed by atoms with E-state index in [1.807, 2.05) is 51.6 Å². The summed E-state index contributed by atoms with van der Waals surface area (Å²) >= 11 is 1.45. The minimum atomic E-state index is -0.0319. The Bertz CT molecular complexity index is 964. The number of methoxy groups -OCH3 is 1. The smallest absolute Gasteiger partial charge is 0.270 e. The van der Waals surface area contributed by atoms with Crippen molar-refractivity contribution in [3.05, 3.63) is 52.3 Å². The van der Waals surface area contributed by atoms with E-state index >= 15 is 0 Å². The number of thiophene rings is 1. The number of aromatic nitrogens is 1. The van der Waals surface area contributed by atoms with E-state index in [4.69, 9.17) is 4.74 Å². The van der Waals surface area contributed by atoms with Crippen LogP contribution in [0.2, 0.25) is 0 Å². The van der Waals surface area contributed by atoms with Crippen LogP contribution < -0.4 is 4.74 Å². The molecule has 3 aromatic rings. The summed E-state index contributed by atoms with van der Waals surface area (Å²) in [6.07, 6.45) is 0.775. The van der Waals surface area contributed by atoms with Gasteiger partial charge in [0.25, 0.3) is 11.8 Å². The molecule has 1 N–H and O–H groups in total. The molecule has 0 unspecified atom stereocenters. The third kappa shape index (κ3) is 3.55. The van der Waals surface area contributed by atoms with Crippen LogP contribution in [0.3, 0.4) is 0 Å². The molecule has 0 spiro atoms. The van der Waals surface area contributed by atoms with Gasteiger partial charge in [0, 0.05) is 37.1 Å². The fourth-order valence-electron chi connectivity index (χ4n) is 3.40. The van der Waals surface area contributed by atoms with E-state index in [0.29, 0.717) is 31.9 Å². The second-order valence-electron chi connectivity index (χ2n) is 6.55. The number of nitrogens with one attached hydrogen (secondary N) is 1. The highest BCUT2D eigenvalue weighted by Gasteiger charge is 2.24. The molecule has 0 saturated carbocycles. The van der Waals surface area contributed by atoms with Crippen LogP contribution in [0.5, 0.6) is 5.75 Å². The van der Waals surface area contributed by atoms with E-state index in [9.17, 15) is 9.59 Å². The van der Waals surface area contributed by atoms with E-state index in [-0.39, 0.29) is 11.8 Å². The molecule has 6 nitrogen and oxygen atoms in total. The fourth-order valence-corrected chi connectivity index (χ4v) is 4.09. The number of hydrogen-bond donors (Lipinski definition) is 1. The zero-order valence-electron chi connectivity index (χ0n) is 15.1. The van der Waals surface area contributed by atoms with Crippen molar-refractivity contribution in [1.29, 1.82) is 0 Å². The van der Waals surface area contributed by atoms with Crippen LogP contribution in [0.4, 0.5) is 0 Å². The predicted molar refractivity (Wildman–Crippen MR) is 106 cm³/mol. The number of aromatic amines is 1. The first kappa shape index (κ1) is 17.6. The molecule has 1 aromatic carbocycles. The molecule has 0 radical (unpaired) electrons. The summed E-state index contributed by atoms with van der Waals surface area (Å²) in [4.78, 5) is 33.1. The van der Waals surface area contributed by atoms with Gasteiger partial charge in [-0.25, -0.2) is 0 Å². The number of benzene rings is 1. The minimum Gasteiger partial charge on any atom is -0.497 e. The molecule has 0 atom stereocenters. The summed E-state index contributed by atoms with van der Waals surface area (Å²) in [7, 11) is 1.63. The number of amides is 2. The Morgan fingerprint density at radius 2 is 1.81 bits per heavy atom. The molecular weight excluding hydrogens is 362 g/mol. The maximum Gasteiger partial charge on any atom is 0.270 e. The zero-order valence-corrected chi connectivity index (χ0v) is 15.9. The van der Waals surface area contributed by atoms with E-state index in [1.54, 1.807) is 7.11 Å². The van der Waals surface area contributed by atoms with Gasteiger partial charge in [-0.05, 0) is 42.1 Å². The van der Waals surface area contributed by atoms with Gasteiger partial charge in [-0.3, -0.25) is 9.59 Å². The Morgan fingerprint density at radius 3 is 2.52 bits per heavy atom. The van der Waals surface area contributed by atoms with Gasteiger partial charge in [0.1, 0.15) is 11.4 Å². The lowest BCUT2D eigenvalue weighted by molar-refractivity contribution is 0.0718. The molecule has 4 rings (SSSR count). The summed E-state index contributed by atoms with van der Waals surface area (Å²) in [6, 6.07) is 11.3. The molecule has 1 saturated heterocycles. The highest BCUT2D eigenvalue weighted by atomic mass is 32.1. The number of carbonyl (C=O) groups is 2. The maximum atomic E-state index is 12.9. The van der Waals surface area contributed by atoms with E-state index < -0.39 is 0 Å². The lowest BCUT2D eigenvalue weighted by Crippen LogP contribution is -2.37. The van der Waals surface area contributed by atoms with Gasteiger partial charge in [0.05, 0.1) is 12.0 Å². The SMILES string of the molecule is COc1ccc2[nH]c(C(=O)N3CCCN(C(=O)c4cccs4)CC3)cc2c1. The van der Waals surface area contributed by atoms with Crippen molar-refractivity contribution in [2.45, 2.75) is 6.42 Å². The Balaban J connectivity index is 1.47. The second kappa shape index (κ2) is 7.44. The highest BCUT2D eigenvalue weighted by molar-refractivity contribution is 7.12. The molecule has 2 amide bonds. The maximum absolute atomic E-state index is 12.9. The molecule has 27 heavy (non-hydrogen) atoms. The normalized spacial score (nSPS) is 15.0. The quantitative estimate of drug-likeness (QED) is 0.755. The number of rotatable bonds is 3. The lowest BCUT2D eigenvalue weighted by atomic mass is 10.2. The molecule has 1 fully saturated rings. The predicted octanol–water partition coefficient (Wildman–Crippen LogP) is 3.23. The third-order valence-corrected chi connectivity index (χ3v) is 5.72. The summed E-state index contributed by atoms with van der Waals surface area (Å²) in [6.45, 7) is 2.40. The lowest BCUT2D eigenvalue weighted by Gasteiger charge is -2.21. The van der Waals surface area contributed by atoms with E-state index in [2.05, 4.69) is 4.98 Å². The molecule has 1 aliphatic heterocycles. The third-order valence-electron chi connectivity index (χ3n) is 4.86. The summed E-state index contributed by atoms with van der Waals surface area (Å²) in [5.74, 6) is 0.783. The van der Waals surface area contributed by atoms with Crippen LogP contribution >= 0.6 is 11.3 Å². The largest absolute Gasteiger partial charge is 0.497 e. The Kier molecular flexibility index (Phi) is 4.85. The molecule has 0 bridgehead atoms. The summed E-state index contributed by atoms with van der Waals surface area (Å²) < 4.78 is 5.24. The Hall–Kier alpha value is -2.80. The van der Waals surface area contributed by atoms with Crippen molar-refractivity contribution in [2.75, 3.05) is 33.3 Å². The summed E-state index contributed by atoms with van der Waals surface area (Å²) in [5.41, 5.74) is 1.47. The first-order valence-corrected chi connectivity index (χ1v) is 9.82. The van der Waals surface area contributed by atoms with Gasteiger partial charge >= 0.3 is 0 Å². The van der Waals surface area contributed by atoms with Crippen LogP contribution in [-0.4, -0.2) is 59.9 Å². The molecule has 2 aromatic heterocycles.